The average molecular weight is 474 g/mol. The zero-order chi connectivity index (χ0) is 17.9. The van der Waals surface area contributed by atoms with Crippen molar-refractivity contribution in [2.75, 3.05) is 0 Å². The van der Waals surface area contributed by atoms with Crippen LogP contribution in [0, 0.1) is 18.8 Å². The van der Waals surface area contributed by atoms with E-state index in [1.54, 1.807) is 30.3 Å². The van der Waals surface area contributed by atoms with Gasteiger partial charge in [0.1, 0.15) is 0 Å². The van der Waals surface area contributed by atoms with Crippen molar-refractivity contribution in [1.29, 1.82) is 0 Å². The summed E-state index contributed by atoms with van der Waals surface area (Å²) in [4.78, 5) is -0.0509. The van der Waals surface area contributed by atoms with Crippen LogP contribution in [0.25, 0.3) is 0 Å². The second-order valence-corrected chi connectivity index (χ2v) is 11.2. The molecule has 0 bridgehead atoms. The van der Waals surface area contributed by atoms with Crippen LogP contribution >= 0.6 is 0 Å². The smallest absolute Gasteiger partial charge is 0.202 e. The molecule has 0 amide bonds. The minimum absolute atomic E-state index is 0.0509. The first-order valence-corrected chi connectivity index (χ1v) is 11.6. The SMILES string of the molecule is O=S(=O)(O[I+](c1ccccc1F)c1ccccc1F)c1ccccc1. The van der Waals surface area contributed by atoms with Gasteiger partial charge in [-0.3, -0.25) is 0 Å². The maximum absolute atomic E-state index is 14.3. The molecule has 3 aromatic carbocycles. The topological polar surface area (TPSA) is 43.4 Å². The van der Waals surface area contributed by atoms with Crippen LogP contribution in [0.15, 0.2) is 83.8 Å². The van der Waals surface area contributed by atoms with Crippen LogP contribution in [0.1, 0.15) is 0 Å². The molecule has 0 saturated heterocycles. The molecule has 3 rings (SSSR count). The number of rotatable bonds is 5. The van der Waals surface area contributed by atoms with E-state index in [0.29, 0.717) is 0 Å². The first-order valence-electron chi connectivity index (χ1n) is 7.18. The third-order valence-electron chi connectivity index (χ3n) is 3.20. The molecule has 0 heterocycles. The van der Waals surface area contributed by atoms with Gasteiger partial charge >= 0.3 is 30.4 Å². The van der Waals surface area contributed by atoms with Gasteiger partial charge in [-0.25, -0.2) is 8.78 Å². The van der Waals surface area contributed by atoms with Crippen LogP contribution in [0.3, 0.4) is 0 Å². The van der Waals surface area contributed by atoms with Crippen molar-refractivity contribution in [1.82, 2.24) is 0 Å². The zero-order valence-corrected chi connectivity index (χ0v) is 15.7. The van der Waals surface area contributed by atoms with Crippen molar-refractivity contribution in [3.63, 3.8) is 0 Å². The Kier molecular flexibility index (Phi) is 5.45. The molecule has 25 heavy (non-hydrogen) atoms. The summed E-state index contributed by atoms with van der Waals surface area (Å²) >= 11 is -3.38. The van der Waals surface area contributed by atoms with E-state index in [2.05, 4.69) is 0 Å². The van der Waals surface area contributed by atoms with Crippen molar-refractivity contribution in [2.24, 2.45) is 0 Å². The van der Waals surface area contributed by atoms with Crippen molar-refractivity contribution >= 4 is 10.1 Å². The molecule has 129 valence electrons. The normalized spacial score (nSPS) is 11.6. The lowest BCUT2D eigenvalue weighted by Crippen LogP contribution is -3.86. The molecule has 0 unspecified atom stereocenters. The average Bonchev–Trinajstić information content (AvgIpc) is 2.62. The van der Waals surface area contributed by atoms with Gasteiger partial charge in [0.15, 0.2) is 11.6 Å². The first-order chi connectivity index (χ1) is 12.0. The second kappa shape index (κ2) is 7.59. The van der Waals surface area contributed by atoms with Crippen molar-refractivity contribution < 1.29 is 39.9 Å². The predicted molar refractivity (Wildman–Crippen MR) is 84.9 cm³/mol. The summed E-state index contributed by atoms with van der Waals surface area (Å²) in [5.74, 6) is -1.22. The van der Waals surface area contributed by atoms with Gasteiger partial charge in [0, 0.05) is 0 Å². The summed E-state index contributed by atoms with van der Waals surface area (Å²) in [7, 11) is -4.15. The molecular formula is C18H13F2IO3S+. The minimum Gasteiger partial charge on any atom is -0.202 e. The Balaban J connectivity index is 2.10. The molecule has 0 atom stereocenters. The molecule has 0 aliphatic carbocycles. The van der Waals surface area contributed by atoms with E-state index < -0.39 is 42.0 Å². The van der Waals surface area contributed by atoms with Crippen LogP contribution in [0.2, 0.25) is 0 Å². The minimum atomic E-state index is -4.15. The Morgan fingerprint density at radius 1 is 0.680 bits per heavy atom. The molecule has 0 spiro atoms. The van der Waals surface area contributed by atoms with Crippen molar-refractivity contribution in [3.05, 3.63) is 97.6 Å². The molecule has 0 fully saturated rings. The summed E-state index contributed by atoms with van der Waals surface area (Å²) in [6.45, 7) is 0. The molecule has 0 saturated carbocycles. The molecule has 0 aliphatic rings. The highest BCUT2D eigenvalue weighted by atomic mass is 127. The van der Waals surface area contributed by atoms with E-state index in [0.717, 1.165) is 0 Å². The van der Waals surface area contributed by atoms with E-state index in [1.807, 2.05) is 0 Å². The second-order valence-electron chi connectivity index (χ2n) is 4.91. The Morgan fingerprint density at radius 2 is 1.12 bits per heavy atom. The molecule has 0 N–H and O–H groups in total. The van der Waals surface area contributed by atoms with E-state index in [9.17, 15) is 17.2 Å². The Bertz CT molecular complexity index is 933. The largest absolute Gasteiger partial charge is 0.336 e. The lowest BCUT2D eigenvalue weighted by molar-refractivity contribution is -1.03. The van der Waals surface area contributed by atoms with Crippen molar-refractivity contribution in [2.45, 2.75) is 4.90 Å². The Labute approximate surface area is 152 Å². The van der Waals surface area contributed by atoms with Gasteiger partial charge in [-0.05, 0) is 38.9 Å². The molecule has 1 radical (unpaired) electrons. The van der Waals surface area contributed by atoms with E-state index in [-0.39, 0.29) is 12.0 Å². The quantitative estimate of drug-likeness (QED) is 0.518. The summed E-state index contributed by atoms with van der Waals surface area (Å²) < 4.78 is 59.3. The van der Waals surface area contributed by atoms with E-state index in [4.69, 9.17) is 2.51 Å². The third-order valence-corrected chi connectivity index (χ3v) is 10.7. The van der Waals surface area contributed by atoms with E-state index >= 15 is 0 Å². The molecule has 0 aromatic heterocycles. The highest BCUT2D eigenvalue weighted by Crippen LogP contribution is 2.09. The van der Waals surface area contributed by atoms with Gasteiger partial charge in [-0.1, -0.05) is 42.5 Å². The number of hydrogen-bond acceptors (Lipinski definition) is 3. The van der Waals surface area contributed by atoms with E-state index in [1.165, 1.54) is 48.5 Å². The lowest BCUT2D eigenvalue weighted by atomic mass is 10.4. The maximum Gasteiger partial charge on any atom is 0.336 e. The van der Waals surface area contributed by atoms with Crippen LogP contribution in [0.5, 0.6) is 0 Å². The monoisotopic (exact) mass is 474 g/mol. The zero-order valence-electron chi connectivity index (χ0n) is 12.8. The van der Waals surface area contributed by atoms with Crippen LogP contribution < -0.4 is 20.2 Å². The highest BCUT2D eigenvalue weighted by molar-refractivity contribution is 7.86. The van der Waals surface area contributed by atoms with Crippen LogP contribution in [-0.2, 0) is 12.6 Å². The summed E-state index contributed by atoms with van der Waals surface area (Å²) in [6, 6.07) is 19.0. The van der Waals surface area contributed by atoms with Crippen LogP contribution in [0.4, 0.5) is 8.78 Å². The fourth-order valence-electron chi connectivity index (χ4n) is 2.04. The van der Waals surface area contributed by atoms with Gasteiger partial charge in [0.2, 0.25) is 7.14 Å². The number of benzene rings is 3. The molecule has 3 nitrogen and oxygen atoms in total. The Hall–Kier alpha value is -1.84. The summed E-state index contributed by atoms with van der Waals surface area (Å²) in [5, 5.41) is 0. The standard InChI is InChI=1S/C18H13F2IO3S/c19-15-10-4-6-12-17(15)21(18-13-7-5-11-16(18)20)24-25(22,23)14-8-2-1-3-9-14/h1-13H/q+1. The highest BCUT2D eigenvalue weighted by Gasteiger charge is 2.41. The molecule has 3 aromatic rings. The van der Waals surface area contributed by atoms with Gasteiger partial charge in [0.25, 0.3) is 0 Å². The fraction of sp³-hybridized carbons (Fsp3) is 0. The molecule has 7 heteroatoms. The number of hydrogen-bond donors (Lipinski definition) is 0. The van der Waals surface area contributed by atoms with Gasteiger partial charge in [0.05, 0.1) is 4.90 Å². The van der Waals surface area contributed by atoms with Gasteiger partial charge < -0.3 is 0 Å². The van der Waals surface area contributed by atoms with Crippen LogP contribution in [-0.4, -0.2) is 8.42 Å². The van der Waals surface area contributed by atoms with Crippen molar-refractivity contribution in [3.8, 4) is 0 Å². The summed E-state index contributed by atoms with van der Waals surface area (Å²) in [5.41, 5.74) is 0. The first kappa shape index (κ1) is 18.0. The molecular weight excluding hydrogens is 461 g/mol. The van der Waals surface area contributed by atoms with Gasteiger partial charge in [-0.2, -0.15) is 8.42 Å². The lowest BCUT2D eigenvalue weighted by Gasteiger charge is -2.07. The maximum atomic E-state index is 14.3. The third kappa shape index (κ3) is 4.05. The molecule has 0 aliphatic heterocycles. The number of halogens is 3. The fourth-order valence-corrected chi connectivity index (χ4v) is 9.10. The summed E-state index contributed by atoms with van der Waals surface area (Å²) in [6.07, 6.45) is 0. The predicted octanol–water partition coefficient (Wildman–Crippen LogP) is 0.949. The van der Waals surface area contributed by atoms with Gasteiger partial charge in [-0.15, -0.1) is 0 Å². The Morgan fingerprint density at radius 3 is 1.60 bits per heavy atom.